The van der Waals surface area contributed by atoms with E-state index in [1.165, 1.54) is 19.3 Å². The van der Waals surface area contributed by atoms with E-state index in [1.807, 2.05) is 6.92 Å². The minimum Gasteiger partial charge on any atom is -0.466 e. The smallest absolute Gasteiger partial charge is 0.305 e. The molecule has 0 amide bonds. The summed E-state index contributed by atoms with van der Waals surface area (Å²) in [6, 6.07) is 0.598. The van der Waals surface area contributed by atoms with E-state index in [9.17, 15) is 4.79 Å². The van der Waals surface area contributed by atoms with E-state index in [1.54, 1.807) is 0 Å². The number of ether oxygens (including phenoxy) is 1. The number of carbonyl (C=O) groups is 1. The maximum Gasteiger partial charge on any atom is 0.305 e. The van der Waals surface area contributed by atoms with Crippen LogP contribution >= 0.6 is 0 Å². The van der Waals surface area contributed by atoms with Crippen molar-refractivity contribution in [2.24, 2.45) is 16.7 Å². The summed E-state index contributed by atoms with van der Waals surface area (Å²) in [5.74, 6) is 0.808. The highest BCUT2D eigenvalue weighted by atomic mass is 16.5. The van der Waals surface area contributed by atoms with Gasteiger partial charge in [0.2, 0.25) is 0 Å². The third kappa shape index (κ3) is 2.81. The van der Waals surface area contributed by atoms with Crippen LogP contribution < -0.4 is 5.32 Å². The molecule has 0 radical (unpaired) electrons. The summed E-state index contributed by atoms with van der Waals surface area (Å²) in [7, 11) is 0. The molecule has 0 aromatic carbocycles. The third-order valence-corrected chi connectivity index (χ3v) is 5.48. The van der Waals surface area contributed by atoms with Crippen molar-refractivity contribution in [1.29, 1.82) is 0 Å². The molecule has 3 heteroatoms. The van der Waals surface area contributed by atoms with Crippen molar-refractivity contribution in [3.8, 4) is 0 Å². The van der Waals surface area contributed by atoms with Gasteiger partial charge in [0.05, 0.1) is 6.61 Å². The highest BCUT2D eigenvalue weighted by molar-refractivity contribution is 5.69. The van der Waals surface area contributed by atoms with Crippen LogP contribution in [0.25, 0.3) is 0 Å². The predicted octanol–water partition coefficient (Wildman–Crippen LogP) is 3.13. The molecule has 0 saturated heterocycles. The fourth-order valence-corrected chi connectivity index (χ4v) is 4.52. The first-order chi connectivity index (χ1) is 8.90. The largest absolute Gasteiger partial charge is 0.466 e. The Labute approximate surface area is 117 Å². The molecule has 2 aliphatic rings. The van der Waals surface area contributed by atoms with Crippen LogP contribution in [0, 0.1) is 16.7 Å². The SMILES string of the molecule is CCOC(=O)CCCNC1C(C)(C)[C@H]2CC[C@]1(C)C2. The van der Waals surface area contributed by atoms with Crippen LogP contribution in [-0.2, 0) is 9.53 Å². The minimum absolute atomic E-state index is 0.0669. The third-order valence-electron chi connectivity index (χ3n) is 5.48. The number of fused-ring (bicyclic) bond motifs is 2. The monoisotopic (exact) mass is 267 g/mol. The Morgan fingerprint density at radius 1 is 1.37 bits per heavy atom. The van der Waals surface area contributed by atoms with Crippen LogP contribution in [0.5, 0.6) is 0 Å². The first-order valence-corrected chi connectivity index (χ1v) is 7.79. The van der Waals surface area contributed by atoms with Gasteiger partial charge in [-0.1, -0.05) is 20.8 Å². The van der Waals surface area contributed by atoms with E-state index >= 15 is 0 Å². The van der Waals surface area contributed by atoms with Gasteiger partial charge in [-0.05, 0) is 55.9 Å². The van der Waals surface area contributed by atoms with Gasteiger partial charge in [-0.15, -0.1) is 0 Å². The second kappa shape index (κ2) is 5.43. The molecule has 3 atom stereocenters. The summed E-state index contributed by atoms with van der Waals surface area (Å²) in [6.45, 7) is 10.5. The van der Waals surface area contributed by atoms with Gasteiger partial charge in [0.15, 0.2) is 0 Å². The van der Waals surface area contributed by atoms with Gasteiger partial charge >= 0.3 is 5.97 Å². The van der Waals surface area contributed by atoms with E-state index in [-0.39, 0.29) is 5.97 Å². The Kier molecular flexibility index (Phi) is 4.24. The molecule has 0 aliphatic heterocycles. The molecule has 3 nitrogen and oxygen atoms in total. The molecule has 0 aromatic rings. The Morgan fingerprint density at radius 2 is 2.11 bits per heavy atom. The summed E-state index contributed by atoms with van der Waals surface area (Å²) in [6.07, 6.45) is 5.54. The van der Waals surface area contributed by atoms with E-state index < -0.39 is 0 Å². The van der Waals surface area contributed by atoms with Crippen molar-refractivity contribution in [3.05, 3.63) is 0 Å². The number of hydrogen-bond acceptors (Lipinski definition) is 3. The predicted molar refractivity (Wildman–Crippen MR) is 76.9 cm³/mol. The van der Waals surface area contributed by atoms with Crippen molar-refractivity contribution < 1.29 is 9.53 Å². The van der Waals surface area contributed by atoms with Crippen LogP contribution in [0.15, 0.2) is 0 Å². The van der Waals surface area contributed by atoms with Gasteiger partial charge in [-0.25, -0.2) is 0 Å². The van der Waals surface area contributed by atoms with Crippen molar-refractivity contribution in [3.63, 3.8) is 0 Å². The average Bonchev–Trinajstić information content (AvgIpc) is 2.79. The zero-order valence-corrected chi connectivity index (χ0v) is 12.9. The Bertz CT molecular complexity index is 335. The lowest BCUT2D eigenvalue weighted by molar-refractivity contribution is -0.143. The molecule has 2 aliphatic carbocycles. The first-order valence-electron chi connectivity index (χ1n) is 7.79. The van der Waals surface area contributed by atoms with Crippen LogP contribution in [0.3, 0.4) is 0 Å². The summed E-state index contributed by atoms with van der Waals surface area (Å²) in [5.41, 5.74) is 0.870. The van der Waals surface area contributed by atoms with E-state index in [0.717, 1.165) is 18.9 Å². The summed E-state index contributed by atoms with van der Waals surface area (Å²) < 4.78 is 4.96. The van der Waals surface area contributed by atoms with Crippen molar-refractivity contribution in [2.75, 3.05) is 13.2 Å². The molecule has 19 heavy (non-hydrogen) atoms. The molecule has 0 aromatic heterocycles. The zero-order valence-electron chi connectivity index (χ0n) is 12.9. The topological polar surface area (TPSA) is 38.3 Å². The van der Waals surface area contributed by atoms with Crippen molar-refractivity contribution in [2.45, 2.75) is 65.8 Å². The maximum absolute atomic E-state index is 11.3. The van der Waals surface area contributed by atoms with E-state index in [2.05, 4.69) is 26.1 Å². The maximum atomic E-state index is 11.3. The lowest BCUT2D eigenvalue weighted by Gasteiger charge is -2.43. The minimum atomic E-state index is -0.0669. The van der Waals surface area contributed by atoms with Gasteiger partial charge in [0, 0.05) is 12.5 Å². The van der Waals surface area contributed by atoms with E-state index in [4.69, 9.17) is 4.74 Å². The quantitative estimate of drug-likeness (QED) is 0.593. The summed E-state index contributed by atoms with van der Waals surface area (Å²) in [4.78, 5) is 11.3. The normalized spacial score (nSPS) is 35.6. The molecule has 2 rings (SSSR count). The number of esters is 1. The van der Waals surface area contributed by atoms with Gasteiger partial charge in [-0.3, -0.25) is 4.79 Å². The number of hydrogen-bond donors (Lipinski definition) is 1. The van der Waals surface area contributed by atoms with E-state index in [0.29, 0.717) is 29.9 Å². The molecule has 2 fully saturated rings. The Balaban J connectivity index is 1.78. The summed E-state index contributed by atoms with van der Waals surface area (Å²) >= 11 is 0. The van der Waals surface area contributed by atoms with Crippen molar-refractivity contribution >= 4 is 5.97 Å². The fourth-order valence-electron chi connectivity index (χ4n) is 4.52. The van der Waals surface area contributed by atoms with Crippen LogP contribution in [0.4, 0.5) is 0 Å². The molecule has 0 spiro atoms. The Morgan fingerprint density at radius 3 is 2.68 bits per heavy atom. The molecule has 1 N–H and O–H groups in total. The molecular weight excluding hydrogens is 238 g/mol. The summed E-state index contributed by atoms with van der Waals surface area (Å²) in [5, 5.41) is 3.73. The first kappa shape index (κ1) is 14.8. The van der Waals surface area contributed by atoms with Crippen LogP contribution in [-0.4, -0.2) is 25.2 Å². The lowest BCUT2D eigenvalue weighted by Crippen LogP contribution is -2.50. The molecule has 2 saturated carbocycles. The number of carbonyl (C=O) groups excluding carboxylic acids is 1. The second-order valence-electron chi connectivity index (χ2n) is 7.21. The molecule has 1 unspecified atom stereocenters. The Hall–Kier alpha value is -0.570. The fraction of sp³-hybridized carbons (Fsp3) is 0.938. The van der Waals surface area contributed by atoms with Gasteiger partial charge in [-0.2, -0.15) is 0 Å². The van der Waals surface area contributed by atoms with Gasteiger partial charge in [0.1, 0.15) is 0 Å². The molecule has 0 heterocycles. The standard InChI is InChI=1S/C16H29NO2/c1-5-19-13(18)7-6-10-17-14-15(2,3)12-8-9-16(14,4)11-12/h12,14,17H,5-11H2,1-4H3/t12-,14?,16+/m0/s1. The van der Waals surface area contributed by atoms with Gasteiger partial charge in [0.25, 0.3) is 0 Å². The number of rotatable bonds is 6. The highest BCUT2D eigenvalue weighted by Crippen LogP contribution is 2.62. The van der Waals surface area contributed by atoms with Crippen molar-refractivity contribution in [1.82, 2.24) is 5.32 Å². The van der Waals surface area contributed by atoms with Crippen LogP contribution in [0.2, 0.25) is 0 Å². The molecule has 2 bridgehead atoms. The number of nitrogens with one attached hydrogen (secondary N) is 1. The second-order valence-corrected chi connectivity index (χ2v) is 7.21. The highest BCUT2D eigenvalue weighted by Gasteiger charge is 2.58. The van der Waals surface area contributed by atoms with Crippen LogP contribution in [0.1, 0.15) is 59.8 Å². The molecular formula is C16H29NO2. The molecule has 110 valence electrons. The lowest BCUT2D eigenvalue weighted by atomic mass is 9.68. The zero-order chi connectivity index (χ0) is 14.1. The average molecular weight is 267 g/mol. The van der Waals surface area contributed by atoms with Gasteiger partial charge < -0.3 is 10.1 Å².